The first-order valence-corrected chi connectivity index (χ1v) is 11.3. The van der Waals surface area contributed by atoms with Crippen LogP contribution in [0.15, 0.2) is 85.2 Å². The van der Waals surface area contributed by atoms with Crippen molar-refractivity contribution in [2.45, 2.75) is 0 Å². The van der Waals surface area contributed by atoms with Crippen molar-refractivity contribution in [3.05, 3.63) is 96.3 Å². The zero-order chi connectivity index (χ0) is 24.0. The number of hydrogen-bond donors (Lipinski definition) is 2. The monoisotopic (exact) mass is 468 g/mol. The summed E-state index contributed by atoms with van der Waals surface area (Å²) in [4.78, 5) is 32.2. The molecule has 0 radical (unpaired) electrons. The van der Waals surface area contributed by atoms with Gasteiger partial charge in [0, 0.05) is 31.0 Å². The number of carbonyl (C=O) groups excluding carboxylic acids is 2. The Labute approximate surface area is 202 Å². The van der Waals surface area contributed by atoms with E-state index in [1.54, 1.807) is 23.0 Å². The van der Waals surface area contributed by atoms with Crippen LogP contribution in [0.2, 0.25) is 0 Å². The van der Waals surface area contributed by atoms with Crippen molar-refractivity contribution < 1.29 is 14.3 Å². The average Bonchev–Trinajstić information content (AvgIpc) is 3.39. The van der Waals surface area contributed by atoms with Crippen LogP contribution >= 0.6 is 0 Å². The predicted octanol–water partition coefficient (Wildman–Crippen LogP) is 2.85. The molecule has 1 saturated heterocycles. The van der Waals surface area contributed by atoms with E-state index in [1.807, 2.05) is 60.7 Å². The Kier molecular flexibility index (Phi) is 6.49. The van der Waals surface area contributed by atoms with Gasteiger partial charge in [0.1, 0.15) is 11.5 Å². The Morgan fingerprint density at radius 1 is 0.829 bits per heavy atom. The van der Waals surface area contributed by atoms with Crippen LogP contribution in [-0.4, -0.2) is 52.9 Å². The van der Waals surface area contributed by atoms with Gasteiger partial charge in [-0.15, -0.1) is 0 Å². The predicted molar refractivity (Wildman–Crippen MR) is 131 cm³/mol. The summed E-state index contributed by atoms with van der Waals surface area (Å²) in [6, 6.07) is 22.4. The number of rotatable bonds is 5. The summed E-state index contributed by atoms with van der Waals surface area (Å²) in [5.74, 6) is -0.150. The molecule has 35 heavy (non-hydrogen) atoms. The van der Waals surface area contributed by atoms with E-state index in [4.69, 9.17) is 4.74 Å². The first kappa shape index (κ1) is 22.3. The largest absolute Gasteiger partial charge is 0.378 e. The van der Waals surface area contributed by atoms with Crippen molar-refractivity contribution in [3.63, 3.8) is 0 Å². The molecule has 5 rings (SSSR count). The molecule has 2 amide bonds. The number of aromatic nitrogens is 3. The molecule has 1 fully saturated rings. The molecule has 0 spiro atoms. The van der Waals surface area contributed by atoms with Gasteiger partial charge in [0.2, 0.25) is 0 Å². The molecule has 2 aromatic heterocycles. The summed E-state index contributed by atoms with van der Waals surface area (Å²) >= 11 is 0. The molecule has 0 saturated carbocycles. The van der Waals surface area contributed by atoms with Gasteiger partial charge in [0.05, 0.1) is 30.0 Å². The van der Waals surface area contributed by atoms with Crippen molar-refractivity contribution in [3.8, 4) is 16.9 Å². The highest BCUT2D eigenvalue weighted by atomic mass is 16.5. The number of ether oxygens (including phenoxy) is 1. The number of hydrazine groups is 1. The van der Waals surface area contributed by atoms with E-state index in [9.17, 15) is 9.59 Å². The lowest BCUT2D eigenvalue weighted by Crippen LogP contribution is -2.41. The molecular formula is C26H24N6O3. The molecular weight excluding hydrogens is 444 g/mol. The van der Waals surface area contributed by atoms with Gasteiger partial charge in [-0.1, -0.05) is 48.5 Å². The first-order valence-electron chi connectivity index (χ1n) is 11.3. The molecule has 2 aromatic carbocycles. The topological polar surface area (TPSA) is 101 Å². The van der Waals surface area contributed by atoms with Crippen molar-refractivity contribution in [2.75, 3.05) is 31.2 Å². The van der Waals surface area contributed by atoms with E-state index >= 15 is 0 Å². The molecule has 0 bridgehead atoms. The molecule has 3 heterocycles. The molecule has 176 valence electrons. The van der Waals surface area contributed by atoms with Gasteiger partial charge in [0.15, 0.2) is 0 Å². The SMILES string of the molecule is O=C(NNC(=O)c1cn(-c2ccccc2)nc1-c1ccccc1)c1ccc(N2CCOCC2)nc1. The van der Waals surface area contributed by atoms with Gasteiger partial charge in [-0.25, -0.2) is 9.67 Å². The first-order chi connectivity index (χ1) is 17.2. The maximum atomic E-state index is 13.1. The van der Waals surface area contributed by atoms with E-state index in [0.29, 0.717) is 30.0 Å². The van der Waals surface area contributed by atoms with Gasteiger partial charge in [-0.3, -0.25) is 20.4 Å². The third kappa shape index (κ3) is 5.04. The maximum Gasteiger partial charge on any atom is 0.273 e. The molecule has 0 aliphatic carbocycles. The number of amides is 2. The lowest BCUT2D eigenvalue weighted by Gasteiger charge is -2.27. The second kappa shape index (κ2) is 10.2. The smallest absolute Gasteiger partial charge is 0.273 e. The van der Waals surface area contributed by atoms with Crippen molar-refractivity contribution in [1.29, 1.82) is 0 Å². The fourth-order valence-corrected chi connectivity index (χ4v) is 3.82. The van der Waals surface area contributed by atoms with Gasteiger partial charge >= 0.3 is 0 Å². The summed E-state index contributed by atoms with van der Waals surface area (Å²) in [5, 5.41) is 4.63. The quantitative estimate of drug-likeness (QED) is 0.437. The molecule has 4 aromatic rings. The van der Waals surface area contributed by atoms with Crippen molar-refractivity contribution in [2.24, 2.45) is 0 Å². The van der Waals surface area contributed by atoms with Crippen LogP contribution in [-0.2, 0) is 4.74 Å². The number of nitrogens with zero attached hydrogens (tertiary/aromatic N) is 4. The molecule has 1 aliphatic heterocycles. The van der Waals surface area contributed by atoms with Gasteiger partial charge in [-0.2, -0.15) is 5.10 Å². The van der Waals surface area contributed by atoms with E-state index in [-0.39, 0.29) is 0 Å². The van der Waals surface area contributed by atoms with Gasteiger partial charge in [-0.05, 0) is 24.3 Å². The number of carbonyl (C=O) groups is 2. The Balaban J connectivity index is 1.31. The van der Waals surface area contributed by atoms with Crippen LogP contribution in [0.3, 0.4) is 0 Å². The van der Waals surface area contributed by atoms with E-state index in [1.165, 1.54) is 6.20 Å². The minimum absolute atomic E-state index is 0.334. The number of anilines is 1. The minimum atomic E-state index is -0.475. The van der Waals surface area contributed by atoms with Crippen LogP contribution < -0.4 is 15.8 Å². The zero-order valence-corrected chi connectivity index (χ0v) is 18.9. The Hall–Kier alpha value is -4.50. The number of morpholine rings is 1. The Bertz CT molecular complexity index is 1300. The third-order valence-electron chi connectivity index (χ3n) is 5.66. The summed E-state index contributed by atoms with van der Waals surface area (Å²) in [6.07, 6.45) is 3.15. The molecule has 0 atom stereocenters. The molecule has 9 nitrogen and oxygen atoms in total. The average molecular weight is 469 g/mol. The number of para-hydroxylation sites is 1. The third-order valence-corrected chi connectivity index (χ3v) is 5.66. The maximum absolute atomic E-state index is 13.1. The highest BCUT2D eigenvalue weighted by Gasteiger charge is 2.20. The lowest BCUT2D eigenvalue weighted by atomic mass is 10.1. The molecule has 2 N–H and O–H groups in total. The molecule has 0 unspecified atom stereocenters. The standard InChI is InChI=1S/C26H24N6O3/c33-25(20-11-12-23(27-17-20)31-13-15-35-16-14-31)28-29-26(34)22-18-32(21-9-5-2-6-10-21)30-24(22)19-7-3-1-4-8-19/h1-12,17-18H,13-16H2,(H,28,33)(H,29,34). The van der Waals surface area contributed by atoms with E-state index in [0.717, 1.165) is 30.2 Å². The zero-order valence-electron chi connectivity index (χ0n) is 18.9. The summed E-state index contributed by atoms with van der Waals surface area (Å²) in [6.45, 7) is 2.83. The van der Waals surface area contributed by atoms with Crippen LogP contribution in [0.25, 0.3) is 16.9 Å². The summed E-state index contributed by atoms with van der Waals surface area (Å²) < 4.78 is 7.00. The van der Waals surface area contributed by atoms with Crippen LogP contribution in [0.5, 0.6) is 0 Å². The van der Waals surface area contributed by atoms with Crippen molar-refractivity contribution >= 4 is 17.6 Å². The minimum Gasteiger partial charge on any atom is -0.378 e. The highest BCUT2D eigenvalue weighted by molar-refractivity contribution is 6.02. The summed E-state index contributed by atoms with van der Waals surface area (Å²) in [7, 11) is 0. The van der Waals surface area contributed by atoms with Gasteiger partial charge < -0.3 is 9.64 Å². The fourth-order valence-electron chi connectivity index (χ4n) is 3.82. The normalized spacial score (nSPS) is 13.3. The second-order valence-corrected chi connectivity index (χ2v) is 7.95. The van der Waals surface area contributed by atoms with E-state index < -0.39 is 11.8 Å². The number of hydrogen-bond acceptors (Lipinski definition) is 6. The van der Waals surface area contributed by atoms with Crippen LogP contribution in [0.4, 0.5) is 5.82 Å². The van der Waals surface area contributed by atoms with Gasteiger partial charge in [0.25, 0.3) is 11.8 Å². The van der Waals surface area contributed by atoms with Crippen LogP contribution in [0.1, 0.15) is 20.7 Å². The summed E-state index contributed by atoms with van der Waals surface area (Å²) in [5.41, 5.74) is 7.77. The number of nitrogens with one attached hydrogen (secondary N) is 2. The number of benzene rings is 2. The van der Waals surface area contributed by atoms with Crippen LogP contribution in [0, 0.1) is 0 Å². The fraction of sp³-hybridized carbons (Fsp3) is 0.154. The van der Waals surface area contributed by atoms with Crippen molar-refractivity contribution in [1.82, 2.24) is 25.6 Å². The van der Waals surface area contributed by atoms with E-state index in [2.05, 4.69) is 25.8 Å². The Morgan fingerprint density at radius 3 is 2.20 bits per heavy atom. The molecule has 9 heteroatoms. The lowest BCUT2D eigenvalue weighted by molar-refractivity contribution is 0.0847. The highest BCUT2D eigenvalue weighted by Crippen LogP contribution is 2.23. The second-order valence-electron chi connectivity index (χ2n) is 7.95. The molecule has 1 aliphatic rings. The Morgan fingerprint density at radius 2 is 1.51 bits per heavy atom. The number of pyridine rings is 1.